The molecule has 4 heterocycles. The van der Waals surface area contributed by atoms with Crippen molar-refractivity contribution in [2.45, 2.75) is 51.0 Å². The third-order valence-electron chi connectivity index (χ3n) is 7.86. The van der Waals surface area contributed by atoms with Crippen LogP contribution in [-0.4, -0.2) is 50.3 Å². The molecule has 7 heteroatoms. The van der Waals surface area contributed by atoms with Crippen LogP contribution in [0.3, 0.4) is 0 Å². The number of hydrogen-bond donors (Lipinski definition) is 1. The number of imidazole rings is 1. The van der Waals surface area contributed by atoms with Gasteiger partial charge in [-0.1, -0.05) is 12.1 Å². The van der Waals surface area contributed by atoms with Crippen LogP contribution in [-0.2, 0) is 11.3 Å². The summed E-state index contributed by atoms with van der Waals surface area (Å²) in [7, 11) is 0. The maximum atomic E-state index is 13.5. The fraction of sp³-hybridized carbons (Fsp3) is 0.429. The van der Waals surface area contributed by atoms with Gasteiger partial charge in [0.25, 0.3) is 5.91 Å². The molecule has 0 radical (unpaired) electrons. The lowest BCUT2D eigenvalue weighted by atomic mass is 9.70. The Morgan fingerprint density at radius 3 is 2.94 bits per heavy atom. The second kappa shape index (κ2) is 8.41. The molecule has 2 saturated heterocycles. The second-order valence-corrected chi connectivity index (χ2v) is 10.6. The van der Waals surface area contributed by atoms with Crippen molar-refractivity contribution >= 4 is 5.91 Å². The normalized spacial score (nSPS) is 26.7. The predicted molar refractivity (Wildman–Crippen MR) is 130 cm³/mol. The first kappa shape index (κ1) is 22.2. The number of nitrogens with zero attached hydrogens (tertiary/aromatic N) is 3. The van der Waals surface area contributed by atoms with Crippen LogP contribution < -0.4 is 4.74 Å². The van der Waals surface area contributed by atoms with Gasteiger partial charge in [-0.15, -0.1) is 0 Å². The van der Waals surface area contributed by atoms with E-state index in [1.54, 1.807) is 24.7 Å². The monoisotopic (exact) mass is 473 g/mol. The molecule has 1 N–H and O–H groups in total. The highest BCUT2D eigenvalue weighted by atomic mass is 16.5. The molecule has 0 bridgehead atoms. The molecule has 0 unspecified atom stereocenters. The molecule has 2 fully saturated rings. The molecule has 0 saturated carbocycles. The topological polar surface area (TPSA) is 76.8 Å². The molecule has 3 aromatic rings. The number of carbonyl (C=O) groups excluding carboxylic acids is 1. The van der Waals surface area contributed by atoms with E-state index < -0.39 is 5.60 Å². The van der Waals surface area contributed by atoms with E-state index in [2.05, 4.69) is 18.8 Å². The van der Waals surface area contributed by atoms with E-state index in [1.165, 1.54) is 0 Å². The van der Waals surface area contributed by atoms with E-state index in [0.29, 0.717) is 25.4 Å². The standard InChI is InChI=1S/C28H31N3O4/c1-28(2)23-13-20-16-31(27(33)19-5-3-4-18(12-19)15-30-11-9-29-17-30)10-8-24(20)34-26(23)22-7-6-21(32)14-25(22)35-28/h3-7,9,11-12,14,17,20,23-24,26,32H,8,10,13,15-16H2,1-2H3/t20-,23-,24-,26+/m1/s1. The Kier molecular flexibility index (Phi) is 5.33. The first-order valence-electron chi connectivity index (χ1n) is 12.4. The number of phenols is 1. The largest absolute Gasteiger partial charge is 0.508 e. The summed E-state index contributed by atoms with van der Waals surface area (Å²) in [5, 5.41) is 9.94. The fourth-order valence-electron chi connectivity index (χ4n) is 6.05. The first-order chi connectivity index (χ1) is 16.9. The number of piperidine rings is 1. The number of benzene rings is 2. The smallest absolute Gasteiger partial charge is 0.253 e. The predicted octanol–water partition coefficient (Wildman–Crippen LogP) is 4.42. The van der Waals surface area contributed by atoms with Gasteiger partial charge in [0.1, 0.15) is 17.1 Å². The highest BCUT2D eigenvalue weighted by Gasteiger charge is 2.51. The van der Waals surface area contributed by atoms with E-state index in [0.717, 1.165) is 29.5 Å². The Labute approximate surface area is 205 Å². The molecule has 35 heavy (non-hydrogen) atoms. The molecular weight excluding hydrogens is 442 g/mol. The van der Waals surface area contributed by atoms with Crippen LogP contribution in [0.4, 0.5) is 0 Å². The average molecular weight is 474 g/mol. The maximum absolute atomic E-state index is 13.5. The zero-order valence-corrected chi connectivity index (χ0v) is 20.1. The summed E-state index contributed by atoms with van der Waals surface area (Å²) >= 11 is 0. The summed E-state index contributed by atoms with van der Waals surface area (Å²) in [5.41, 5.74) is 2.40. The van der Waals surface area contributed by atoms with Crippen LogP contribution in [0.15, 0.2) is 61.2 Å². The Morgan fingerprint density at radius 1 is 1.23 bits per heavy atom. The minimum Gasteiger partial charge on any atom is -0.508 e. The quantitative estimate of drug-likeness (QED) is 0.610. The van der Waals surface area contributed by atoms with Crippen LogP contribution in [0.1, 0.15) is 54.3 Å². The van der Waals surface area contributed by atoms with Crippen molar-refractivity contribution < 1.29 is 19.4 Å². The van der Waals surface area contributed by atoms with Crippen molar-refractivity contribution in [1.82, 2.24) is 14.5 Å². The molecule has 3 aliphatic rings. The van der Waals surface area contributed by atoms with Gasteiger partial charge in [0.15, 0.2) is 0 Å². The Morgan fingerprint density at radius 2 is 2.11 bits per heavy atom. The van der Waals surface area contributed by atoms with Gasteiger partial charge < -0.3 is 24.0 Å². The zero-order chi connectivity index (χ0) is 24.2. The summed E-state index contributed by atoms with van der Waals surface area (Å²) < 4.78 is 15.0. The van der Waals surface area contributed by atoms with Gasteiger partial charge in [-0.2, -0.15) is 0 Å². The molecule has 0 spiro atoms. The third kappa shape index (κ3) is 4.08. The molecule has 182 valence electrons. The molecule has 1 amide bonds. The fourth-order valence-corrected chi connectivity index (χ4v) is 6.05. The lowest BCUT2D eigenvalue weighted by Gasteiger charge is -2.53. The summed E-state index contributed by atoms with van der Waals surface area (Å²) in [6.45, 7) is 6.26. The summed E-state index contributed by atoms with van der Waals surface area (Å²) in [6, 6.07) is 13.2. The van der Waals surface area contributed by atoms with Crippen molar-refractivity contribution in [2.75, 3.05) is 13.1 Å². The Bertz CT molecular complexity index is 1240. The number of phenolic OH excluding ortho intramolecular Hbond substituents is 1. The number of likely N-dealkylation sites (tertiary alicyclic amines) is 1. The van der Waals surface area contributed by atoms with Crippen molar-refractivity contribution in [2.24, 2.45) is 11.8 Å². The Hall–Kier alpha value is -3.32. The summed E-state index contributed by atoms with van der Waals surface area (Å²) in [6.07, 6.45) is 7.29. The van der Waals surface area contributed by atoms with Gasteiger partial charge in [-0.25, -0.2) is 4.98 Å². The van der Waals surface area contributed by atoms with E-state index in [4.69, 9.17) is 9.47 Å². The molecule has 1 aromatic heterocycles. The number of amides is 1. The van der Waals surface area contributed by atoms with Gasteiger partial charge in [0.05, 0.1) is 18.5 Å². The summed E-state index contributed by atoms with van der Waals surface area (Å²) in [5.74, 6) is 1.43. The van der Waals surface area contributed by atoms with Gasteiger partial charge in [-0.3, -0.25) is 4.79 Å². The highest BCUT2D eigenvalue weighted by Crippen LogP contribution is 2.53. The number of ether oxygens (including phenoxy) is 2. The van der Waals surface area contributed by atoms with Crippen LogP contribution in [0.2, 0.25) is 0 Å². The van der Waals surface area contributed by atoms with Crippen molar-refractivity contribution in [3.05, 3.63) is 77.9 Å². The van der Waals surface area contributed by atoms with E-state index in [1.807, 2.05) is 46.0 Å². The van der Waals surface area contributed by atoms with Crippen molar-refractivity contribution in [1.29, 1.82) is 0 Å². The number of rotatable bonds is 3. The van der Waals surface area contributed by atoms with Gasteiger partial charge in [0, 0.05) is 61.1 Å². The third-order valence-corrected chi connectivity index (χ3v) is 7.86. The highest BCUT2D eigenvalue weighted by molar-refractivity contribution is 5.94. The van der Waals surface area contributed by atoms with Gasteiger partial charge >= 0.3 is 0 Å². The molecule has 4 atom stereocenters. The van der Waals surface area contributed by atoms with E-state index >= 15 is 0 Å². The maximum Gasteiger partial charge on any atom is 0.253 e. The molecule has 7 nitrogen and oxygen atoms in total. The first-order valence-corrected chi connectivity index (χ1v) is 12.4. The number of fused-ring (bicyclic) bond motifs is 4. The lowest BCUT2D eigenvalue weighted by Crippen LogP contribution is -2.56. The van der Waals surface area contributed by atoms with Crippen LogP contribution in [0.25, 0.3) is 0 Å². The number of hydrogen-bond acceptors (Lipinski definition) is 5. The summed E-state index contributed by atoms with van der Waals surface area (Å²) in [4.78, 5) is 19.5. The number of carbonyl (C=O) groups is 1. The van der Waals surface area contributed by atoms with Gasteiger partial charge in [-0.05, 0) is 56.5 Å². The minimum atomic E-state index is -0.426. The molecule has 2 aromatic carbocycles. The SMILES string of the molecule is CC1(C)Oc2cc(O)ccc2[C@@H]2O[C@@H]3CCN(C(=O)c4cccc(Cn5ccnc5)c4)C[C@H]3C[C@H]21. The number of aromatic nitrogens is 2. The molecule has 3 aliphatic heterocycles. The van der Waals surface area contributed by atoms with Crippen LogP contribution >= 0.6 is 0 Å². The number of aromatic hydroxyl groups is 1. The second-order valence-electron chi connectivity index (χ2n) is 10.6. The lowest BCUT2D eigenvalue weighted by molar-refractivity contribution is -0.184. The minimum absolute atomic E-state index is 0.0577. The zero-order valence-electron chi connectivity index (χ0n) is 20.1. The molecule has 6 rings (SSSR count). The van der Waals surface area contributed by atoms with Crippen LogP contribution in [0.5, 0.6) is 11.5 Å². The van der Waals surface area contributed by atoms with E-state index in [9.17, 15) is 9.90 Å². The van der Waals surface area contributed by atoms with Crippen molar-refractivity contribution in [3.63, 3.8) is 0 Å². The van der Waals surface area contributed by atoms with E-state index in [-0.39, 0.29) is 35.7 Å². The van der Waals surface area contributed by atoms with Crippen LogP contribution in [0, 0.1) is 11.8 Å². The van der Waals surface area contributed by atoms with Gasteiger partial charge in [0.2, 0.25) is 0 Å². The average Bonchev–Trinajstić information content (AvgIpc) is 3.35. The molecule has 0 aliphatic carbocycles. The van der Waals surface area contributed by atoms with Crippen molar-refractivity contribution in [3.8, 4) is 11.5 Å². The Balaban J connectivity index is 1.19. The molecular formula is C28H31N3O4.